The van der Waals surface area contributed by atoms with Crippen LogP contribution in [0.15, 0.2) is 29.2 Å². The van der Waals surface area contributed by atoms with Crippen LogP contribution < -0.4 is 10.1 Å². The molecule has 21 heavy (non-hydrogen) atoms. The fourth-order valence-electron chi connectivity index (χ4n) is 1.92. The Bertz CT molecular complexity index is 547. The molecule has 1 rings (SSSR count). The van der Waals surface area contributed by atoms with Gasteiger partial charge in [-0.25, -0.2) is 8.42 Å². The van der Waals surface area contributed by atoms with Crippen LogP contribution in [-0.4, -0.2) is 32.9 Å². The molecular weight excluding hydrogens is 286 g/mol. The molecule has 1 aromatic carbocycles. The zero-order valence-corrected chi connectivity index (χ0v) is 14.5. The Hall–Kier alpha value is -1.07. The second-order valence-electron chi connectivity index (χ2n) is 6.41. The Kier molecular flexibility index (Phi) is 6.23. The van der Waals surface area contributed by atoms with E-state index in [0.29, 0.717) is 10.6 Å². The highest BCUT2D eigenvalue weighted by Crippen LogP contribution is 2.19. The number of hydrogen-bond acceptors (Lipinski definition) is 4. The molecule has 0 aliphatic carbocycles. The molecule has 120 valence electrons. The van der Waals surface area contributed by atoms with Crippen LogP contribution in [0.3, 0.4) is 0 Å². The van der Waals surface area contributed by atoms with Gasteiger partial charge in [0.2, 0.25) is 0 Å². The van der Waals surface area contributed by atoms with Crippen molar-refractivity contribution in [2.24, 2.45) is 0 Å². The predicted octanol–water partition coefficient (Wildman–Crippen LogP) is 3.03. The third-order valence-electron chi connectivity index (χ3n) is 3.01. The number of ether oxygens (including phenoxy) is 1. The lowest BCUT2D eigenvalue weighted by molar-refractivity contribution is 0.174. The molecule has 0 aliphatic heterocycles. The summed E-state index contributed by atoms with van der Waals surface area (Å²) in [5.41, 5.74) is 0.0317. The molecule has 0 amide bonds. The minimum Gasteiger partial charge on any atom is -0.489 e. The van der Waals surface area contributed by atoms with Gasteiger partial charge in [-0.1, -0.05) is 19.4 Å². The second kappa shape index (κ2) is 7.27. The SMILES string of the molecule is CCCC(CNC(C)(C)C)Oc1cccc(S(C)(=O)=O)c1. The Morgan fingerprint density at radius 2 is 1.95 bits per heavy atom. The van der Waals surface area contributed by atoms with E-state index in [4.69, 9.17) is 4.74 Å². The van der Waals surface area contributed by atoms with E-state index in [1.54, 1.807) is 24.3 Å². The third kappa shape index (κ3) is 6.96. The third-order valence-corrected chi connectivity index (χ3v) is 4.12. The Balaban J connectivity index is 2.79. The fourth-order valence-corrected chi connectivity index (χ4v) is 2.57. The Morgan fingerprint density at radius 3 is 2.48 bits per heavy atom. The first-order valence-corrected chi connectivity index (χ1v) is 9.23. The summed E-state index contributed by atoms with van der Waals surface area (Å²) in [5.74, 6) is 0.604. The molecule has 0 saturated carbocycles. The van der Waals surface area contributed by atoms with E-state index in [-0.39, 0.29) is 11.6 Å². The topological polar surface area (TPSA) is 55.4 Å². The van der Waals surface area contributed by atoms with Crippen LogP contribution in [0.1, 0.15) is 40.5 Å². The smallest absolute Gasteiger partial charge is 0.175 e. The molecule has 1 N–H and O–H groups in total. The summed E-state index contributed by atoms with van der Waals surface area (Å²) in [4.78, 5) is 0.291. The Labute approximate surface area is 128 Å². The van der Waals surface area contributed by atoms with Crippen molar-refractivity contribution >= 4 is 9.84 Å². The molecule has 0 saturated heterocycles. The molecule has 0 fully saturated rings. The highest BCUT2D eigenvalue weighted by molar-refractivity contribution is 7.90. The van der Waals surface area contributed by atoms with Crippen molar-refractivity contribution in [3.63, 3.8) is 0 Å². The Morgan fingerprint density at radius 1 is 1.29 bits per heavy atom. The summed E-state index contributed by atoms with van der Waals surface area (Å²) < 4.78 is 29.1. The number of rotatable bonds is 7. The minimum absolute atomic E-state index is 0.0315. The van der Waals surface area contributed by atoms with Gasteiger partial charge in [-0.15, -0.1) is 0 Å². The molecular formula is C16H27NO3S. The first-order chi connectivity index (χ1) is 9.62. The quantitative estimate of drug-likeness (QED) is 0.840. The van der Waals surface area contributed by atoms with Crippen LogP contribution in [0.5, 0.6) is 5.75 Å². The van der Waals surface area contributed by atoms with E-state index < -0.39 is 9.84 Å². The molecule has 4 nitrogen and oxygen atoms in total. The van der Waals surface area contributed by atoms with E-state index in [2.05, 4.69) is 33.0 Å². The molecule has 0 radical (unpaired) electrons. The number of nitrogens with one attached hydrogen (secondary N) is 1. The van der Waals surface area contributed by atoms with Crippen LogP contribution in [0.25, 0.3) is 0 Å². The lowest BCUT2D eigenvalue weighted by atomic mass is 10.1. The van der Waals surface area contributed by atoms with Gasteiger partial charge in [0.25, 0.3) is 0 Å². The van der Waals surface area contributed by atoms with Gasteiger partial charge in [0.1, 0.15) is 11.9 Å². The predicted molar refractivity (Wildman–Crippen MR) is 86.6 cm³/mol. The number of sulfone groups is 1. The van der Waals surface area contributed by atoms with Gasteiger partial charge in [-0.2, -0.15) is 0 Å². The van der Waals surface area contributed by atoms with E-state index >= 15 is 0 Å². The molecule has 0 aromatic heterocycles. The van der Waals surface area contributed by atoms with E-state index in [9.17, 15) is 8.42 Å². The standard InChI is InChI=1S/C16H27NO3S/c1-6-8-14(12-17-16(2,3)4)20-13-9-7-10-15(11-13)21(5,18)19/h7,9-11,14,17H,6,8,12H2,1-5H3. The largest absolute Gasteiger partial charge is 0.489 e. The maximum absolute atomic E-state index is 11.6. The van der Waals surface area contributed by atoms with Crippen molar-refractivity contribution in [2.45, 2.75) is 57.1 Å². The minimum atomic E-state index is -3.20. The molecule has 0 spiro atoms. The van der Waals surface area contributed by atoms with Crippen LogP contribution in [-0.2, 0) is 9.84 Å². The second-order valence-corrected chi connectivity index (χ2v) is 8.42. The summed E-state index contributed by atoms with van der Waals surface area (Å²) in [5, 5.41) is 3.43. The zero-order chi connectivity index (χ0) is 16.1. The summed E-state index contributed by atoms with van der Waals surface area (Å²) in [6, 6.07) is 6.69. The van der Waals surface area contributed by atoms with Gasteiger partial charge in [0.15, 0.2) is 9.84 Å². The monoisotopic (exact) mass is 313 g/mol. The van der Waals surface area contributed by atoms with Crippen LogP contribution in [0.4, 0.5) is 0 Å². The summed E-state index contributed by atoms with van der Waals surface area (Å²) in [6.07, 6.45) is 3.18. The van der Waals surface area contributed by atoms with Gasteiger partial charge < -0.3 is 10.1 Å². The van der Waals surface area contributed by atoms with Crippen molar-refractivity contribution < 1.29 is 13.2 Å². The van der Waals surface area contributed by atoms with Crippen LogP contribution in [0, 0.1) is 0 Å². The van der Waals surface area contributed by atoms with Crippen LogP contribution >= 0.6 is 0 Å². The van der Waals surface area contributed by atoms with Gasteiger partial charge in [0, 0.05) is 18.3 Å². The van der Waals surface area contributed by atoms with Crippen molar-refractivity contribution in [1.29, 1.82) is 0 Å². The van der Waals surface area contributed by atoms with Crippen molar-refractivity contribution in [3.8, 4) is 5.75 Å². The average Bonchev–Trinajstić information content (AvgIpc) is 2.35. The van der Waals surface area contributed by atoms with Crippen molar-refractivity contribution in [1.82, 2.24) is 5.32 Å². The summed E-state index contributed by atoms with van der Waals surface area (Å²) in [7, 11) is -3.20. The number of benzene rings is 1. The molecule has 1 unspecified atom stereocenters. The van der Waals surface area contributed by atoms with E-state index in [0.717, 1.165) is 19.4 Å². The highest BCUT2D eigenvalue weighted by Gasteiger charge is 2.16. The lowest BCUT2D eigenvalue weighted by Gasteiger charge is -2.26. The maximum Gasteiger partial charge on any atom is 0.175 e. The van der Waals surface area contributed by atoms with Gasteiger partial charge >= 0.3 is 0 Å². The fraction of sp³-hybridized carbons (Fsp3) is 0.625. The average molecular weight is 313 g/mol. The van der Waals surface area contributed by atoms with Crippen molar-refractivity contribution in [2.75, 3.05) is 12.8 Å². The first-order valence-electron chi connectivity index (χ1n) is 7.33. The van der Waals surface area contributed by atoms with Gasteiger partial charge in [-0.3, -0.25) is 0 Å². The van der Waals surface area contributed by atoms with E-state index in [1.165, 1.54) is 6.26 Å². The first kappa shape index (κ1) is 18.0. The van der Waals surface area contributed by atoms with Crippen LogP contribution in [0.2, 0.25) is 0 Å². The molecule has 0 bridgehead atoms. The highest BCUT2D eigenvalue weighted by atomic mass is 32.2. The van der Waals surface area contributed by atoms with Gasteiger partial charge in [-0.05, 0) is 45.4 Å². The molecule has 1 atom stereocenters. The van der Waals surface area contributed by atoms with E-state index in [1.807, 2.05) is 0 Å². The molecule has 0 heterocycles. The number of hydrogen-bond donors (Lipinski definition) is 1. The molecule has 1 aromatic rings. The zero-order valence-electron chi connectivity index (χ0n) is 13.6. The lowest BCUT2D eigenvalue weighted by Crippen LogP contribution is -2.42. The maximum atomic E-state index is 11.6. The summed E-state index contributed by atoms with van der Waals surface area (Å²) >= 11 is 0. The molecule has 5 heteroatoms. The summed E-state index contributed by atoms with van der Waals surface area (Å²) in [6.45, 7) is 9.18. The van der Waals surface area contributed by atoms with Gasteiger partial charge in [0.05, 0.1) is 4.90 Å². The normalized spacial score (nSPS) is 14.0. The molecule has 0 aliphatic rings. The van der Waals surface area contributed by atoms with Crippen molar-refractivity contribution in [3.05, 3.63) is 24.3 Å².